The number of thiazole rings is 1. The normalized spacial score (nSPS) is 23.2. The van der Waals surface area contributed by atoms with Gasteiger partial charge in [0, 0.05) is 44.6 Å². The van der Waals surface area contributed by atoms with Gasteiger partial charge in [-0.2, -0.15) is 0 Å². The Morgan fingerprint density at radius 2 is 2.15 bits per heavy atom. The second kappa shape index (κ2) is 10.7. The highest BCUT2D eigenvalue weighted by Gasteiger charge is 2.29. The molecule has 0 spiro atoms. The lowest BCUT2D eigenvalue weighted by molar-refractivity contribution is 0.0283. The van der Waals surface area contributed by atoms with Gasteiger partial charge in [0.2, 0.25) is 0 Å². The van der Waals surface area contributed by atoms with E-state index < -0.39 is 0 Å². The highest BCUT2D eigenvalue weighted by Crippen LogP contribution is 2.25. The minimum absolute atomic E-state index is 0. The van der Waals surface area contributed by atoms with Gasteiger partial charge in [-0.05, 0) is 39.5 Å². The number of ether oxygens (including phenoxy) is 1. The van der Waals surface area contributed by atoms with Crippen molar-refractivity contribution in [2.45, 2.75) is 51.6 Å². The van der Waals surface area contributed by atoms with E-state index in [1.165, 1.54) is 23.7 Å². The maximum absolute atomic E-state index is 5.82. The minimum atomic E-state index is -0.0953. The zero-order chi connectivity index (χ0) is 17.5. The third-order valence-corrected chi connectivity index (χ3v) is 5.76. The van der Waals surface area contributed by atoms with Crippen molar-refractivity contribution in [1.82, 2.24) is 15.6 Å². The number of aliphatic imine (C=N–C) groups is 1. The molecule has 6 nitrogen and oxygen atoms in total. The summed E-state index contributed by atoms with van der Waals surface area (Å²) in [6, 6.07) is 0. The predicted molar refractivity (Wildman–Crippen MR) is 120 cm³/mol. The van der Waals surface area contributed by atoms with Crippen LogP contribution in [-0.2, 0) is 11.2 Å². The van der Waals surface area contributed by atoms with Crippen LogP contribution >= 0.6 is 35.3 Å². The number of hydrogen-bond donors (Lipinski definition) is 2. The number of guanidine groups is 1. The van der Waals surface area contributed by atoms with E-state index in [1.54, 1.807) is 11.3 Å². The van der Waals surface area contributed by atoms with Crippen molar-refractivity contribution in [3.8, 4) is 0 Å². The van der Waals surface area contributed by atoms with Gasteiger partial charge >= 0.3 is 0 Å². The quantitative estimate of drug-likeness (QED) is 0.348. The molecule has 0 saturated carbocycles. The van der Waals surface area contributed by atoms with E-state index in [1.807, 2.05) is 0 Å². The molecule has 2 fully saturated rings. The molecule has 2 N–H and O–H groups in total. The first-order chi connectivity index (χ1) is 12.2. The zero-order valence-electron chi connectivity index (χ0n) is 15.9. The molecule has 1 unspecified atom stereocenters. The van der Waals surface area contributed by atoms with Crippen LogP contribution in [0.2, 0.25) is 0 Å². The van der Waals surface area contributed by atoms with E-state index in [0.29, 0.717) is 6.54 Å². The lowest BCUT2D eigenvalue weighted by Gasteiger charge is -2.21. The molecule has 8 heteroatoms. The number of rotatable bonds is 7. The first kappa shape index (κ1) is 21.7. The Balaban J connectivity index is 0.00000243. The fraction of sp³-hybridized carbons (Fsp3) is 0.778. The molecule has 3 rings (SSSR count). The summed E-state index contributed by atoms with van der Waals surface area (Å²) in [4.78, 5) is 11.9. The van der Waals surface area contributed by atoms with Crippen LogP contribution in [0.4, 0.5) is 5.13 Å². The molecule has 0 aliphatic carbocycles. The maximum atomic E-state index is 5.82. The van der Waals surface area contributed by atoms with Gasteiger partial charge in [0.15, 0.2) is 11.1 Å². The average molecular weight is 493 g/mol. The van der Waals surface area contributed by atoms with Gasteiger partial charge in [0.25, 0.3) is 0 Å². The van der Waals surface area contributed by atoms with Crippen molar-refractivity contribution in [1.29, 1.82) is 0 Å². The van der Waals surface area contributed by atoms with Gasteiger partial charge in [-0.3, -0.25) is 4.99 Å². The van der Waals surface area contributed by atoms with Gasteiger partial charge < -0.3 is 20.3 Å². The summed E-state index contributed by atoms with van der Waals surface area (Å²) in [6.07, 6.45) is 5.74. The Bertz CT molecular complexity index is 568. The van der Waals surface area contributed by atoms with Crippen LogP contribution < -0.4 is 15.5 Å². The monoisotopic (exact) mass is 493 g/mol. The van der Waals surface area contributed by atoms with E-state index in [-0.39, 0.29) is 29.6 Å². The standard InChI is InChI=1S/C18H31N5OS.HI/c1-3-19-16(21-14-18(2)8-6-12-24-18)20-9-7-15-13-25-17(22-15)23-10-4-5-11-23;/h13H,3-12,14H2,1-2H3,(H2,19,20,21);1H. The number of nitrogens with zero attached hydrogens (tertiary/aromatic N) is 3. The Hall–Kier alpha value is -0.610. The van der Waals surface area contributed by atoms with Crippen LogP contribution in [-0.4, -0.2) is 55.9 Å². The maximum Gasteiger partial charge on any atom is 0.191 e. The molecular weight excluding hydrogens is 461 g/mol. The largest absolute Gasteiger partial charge is 0.373 e. The topological polar surface area (TPSA) is 61.8 Å². The van der Waals surface area contributed by atoms with Crippen LogP contribution in [0.3, 0.4) is 0 Å². The molecule has 148 valence electrons. The molecule has 1 aromatic heterocycles. The first-order valence-electron chi connectivity index (χ1n) is 9.54. The summed E-state index contributed by atoms with van der Waals surface area (Å²) in [5.41, 5.74) is 1.07. The number of hydrogen-bond acceptors (Lipinski definition) is 5. The van der Waals surface area contributed by atoms with Gasteiger partial charge in [-0.25, -0.2) is 4.98 Å². The summed E-state index contributed by atoms with van der Waals surface area (Å²) in [7, 11) is 0. The molecule has 2 aliphatic rings. The predicted octanol–water partition coefficient (Wildman–Crippen LogP) is 3.03. The van der Waals surface area contributed by atoms with Gasteiger partial charge in [-0.15, -0.1) is 35.3 Å². The fourth-order valence-electron chi connectivity index (χ4n) is 3.32. The van der Waals surface area contributed by atoms with Crippen LogP contribution in [0.5, 0.6) is 0 Å². The molecule has 1 atom stereocenters. The SMILES string of the molecule is CCNC(=NCC1(C)CCCO1)NCCc1csc(N2CCCC2)n1.I. The Morgan fingerprint density at radius 3 is 2.85 bits per heavy atom. The van der Waals surface area contributed by atoms with Crippen molar-refractivity contribution >= 4 is 46.4 Å². The van der Waals surface area contributed by atoms with E-state index >= 15 is 0 Å². The molecule has 3 heterocycles. The molecule has 0 radical (unpaired) electrons. The van der Waals surface area contributed by atoms with Crippen molar-refractivity contribution in [2.24, 2.45) is 4.99 Å². The molecular formula is C18H32IN5OS. The van der Waals surface area contributed by atoms with Crippen LogP contribution in [0, 0.1) is 0 Å². The van der Waals surface area contributed by atoms with Crippen LogP contribution in [0.25, 0.3) is 0 Å². The Labute approximate surface area is 178 Å². The van der Waals surface area contributed by atoms with Crippen molar-refractivity contribution in [3.63, 3.8) is 0 Å². The van der Waals surface area contributed by atoms with Crippen molar-refractivity contribution in [2.75, 3.05) is 44.2 Å². The average Bonchev–Trinajstić information content (AvgIpc) is 3.34. The Kier molecular flexibility index (Phi) is 8.89. The van der Waals surface area contributed by atoms with Crippen LogP contribution in [0.15, 0.2) is 10.4 Å². The summed E-state index contributed by atoms with van der Waals surface area (Å²) in [5.74, 6) is 0.870. The lowest BCUT2D eigenvalue weighted by Crippen LogP contribution is -2.40. The van der Waals surface area contributed by atoms with Gasteiger partial charge in [0.1, 0.15) is 0 Å². The number of aromatic nitrogens is 1. The third kappa shape index (κ3) is 6.23. The van der Waals surface area contributed by atoms with Crippen molar-refractivity contribution < 1.29 is 4.74 Å². The summed E-state index contributed by atoms with van der Waals surface area (Å²) < 4.78 is 5.82. The lowest BCUT2D eigenvalue weighted by atomic mass is 10.0. The summed E-state index contributed by atoms with van der Waals surface area (Å²) in [6.45, 7) is 9.83. The summed E-state index contributed by atoms with van der Waals surface area (Å²) in [5, 5.41) is 10.1. The van der Waals surface area contributed by atoms with E-state index in [9.17, 15) is 0 Å². The highest BCUT2D eigenvalue weighted by molar-refractivity contribution is 14.0. The number of halogens is 1. The molecule has 0 aromatic carbocycles. The highest BCUT2D eigenvalue weighted by atomic mass is 127. The third-order valence-electron chi connectivity index (χ3n) is 4.81. The molecule has 0 amide bonds. The number of anilines is 1. The molecule has 1 aromatic rings. The second-order valence-electron chi connectivity index (χ2n) is 7.09. The minimum Gasteiger partial charge on any atom is -0.373 e. The van der Waals surface area contributed by atoms with E-state index in [4.69, 9.17) is 14.7 Å². The smallest absolute Gasteiger partial charge is 0.191 e. The summed E-state index contributed by atoms with van der Waals surface area (Å²) >= 11 is 1.77. The Morgan fingerprint density at radius 1 is 1.35 bits per heavy atom. The van der Waals surface area contributed by atoms with E-state index in [2.05, 4.69) is 34.8 Å². The zero-order valence-corrected chi connectivity index (χ0v) is 19.1. The van der Waals surface area contributed by atoms with Crippen LogP contribution in [0.1, 0.15) is 45.2 Å². The molecule has 26 heavy (non-hydrogen) atoms. The fourth-order valence-corrected chi connectivity index (χ4v) is 4.24. The first-order valence-corrected chi connectivity index (χ1v) is 10.4. The van der Waals surface area contributed by atoms with E-state index in [0.717, 1.165) is 58.0 Å². The van der Waals surface area contributed by atoms with Crippen molar-refractivity contribution in [3.05, 3.63) is 11.1 Å². The molecule has 2 saturated heterocycles. The number of nitrogens with one attached hydrogen (secondary N) is 2. The van der Waals surface area contributed by atoms with Gasteiger partial charge in [-0.1, -0.05) is 0 Å². The molecule has 2 aliphatic heterocycles. The van der Waals surface area contributed by atoms with Gasteiger partial charge in [0.05, 0.1) is 17.8 Å². The molecule has 0 bridgehead atoms. The second-order valence-corrected chi connectivity index (χ2v) is 7.93.